The van der Waals surface area contributed by atoms with Gasteiger partial charge >= 0.3 is 11.9 Å². The number of thioether (sulfide) groups is 1. The summed E-state index contributed by atoms with van der Waals surface area (Å²) in [6, 6.07) is 8.04. The number of aromatic nitrogens is 3. The van der Waals surface area contributed by atoms with Crippen molar-refractivity contribution >= 4 is 70.1 Å². The molecule has 1 unspecified atom stereocenters. The molecule has 0 spiro atoms. The molecule has 4 aromatic rings. The molecular weight excluding hydrogens is 849 g/mol. The van der Waals surface area contributed by atoms with Gasteiger partial charge in [0.1, 0.15) is 30.2 Å². The number of hydrogen-bond acceptors (Lipinski definition) is 11. The van der Waals surface area contributed by atoms with E-state index in [0.717, 1.165) is 10.9 Å². The second-order valence-electron chi connectivity index (χ2n) is 14.9. The predicted molar refractivity (Wildman–Crippen MR) is 239 cm³/mol. The number of carbonyl (C=O) groups excluding carboxylic acids is 5. The Hall–Kier alpha value is -6.94. The van der Waals surface area contributed by atoms with E-state index in [9.17, 15) is 43.8 Å². The number of carbonyl (C=O) groups is 7. The van der Waals surface area contributed by atoms with E-state index in [0.29, 0.717) is 29.0 Å². The van der Waals surface area contributed by atoms with Crippen LogP contribution in [0.5, 0.6) is 0 Å². The lowest BCUT2D eigenvalue weighted by atomic mass is 10.0. The Bertz CT molecular complexity index is 2220. The van der Waals surface area contributed by atoms with E-state index in [1.54, 1.807) is 42.6 Å². The van der Waals surface area contributed by atoms with Crippen LogP contribution in [0.1, 0.15) is 48.9 Å². The zero-order chi connectivity index (χ0) is 46.6. The van der Waals surface area contributed by atoms with E-state index in [4.69, 9.17) is 17.2 Å². The van der Waals surface area contributed by atoms with Gasteiger partial charge in [-0.05, 0) is 54.9 Å². The summed E-state index contributed by atoms with van der Waals surface area (Å²) < 4.78 is 0. The van der Waals surface area contributed by atoms with Crippen LogP contribution in [-0.2, 0) is 52.8 Å². The van der Waals surface area contributed by atoms with Crippen molar-refractivity contribution in [2.45, 2.75) is 87.6 Å². The average molecular weight is 905 g/mol. The second kappa shape index (κ2) is 25.2. The minimum Gasteiger partial charge on any atom is -0.481 e. The van der Waals surface area contributed by atoms with Crippen LogP contribution in [0.25, 0.3) is 10.9 Å². The summed E-state index contributed by atoms with van der Waals surface area (Å²) in [5.41, 5.74) is 19.5. The lowest BCUT2D eigenvalue weighted by Crippen LogP contribution is -2.60. The molecule has 0 aliphatic rings. The molecule has 344 valence electrons. The Morgan fingerprint density at radius 2 is 1.31 bits per heavy atom. The number of nitrogens with zero attached hydrogens (tertiary/aromatic N) is 2. The molecule has 6 atom stereocenters. The Kier molecular flexibility index (Phi) is 19.6. The number of amides is 5. The number of aliphatic imine (C=N–C) groups is 1. The van der Waals surface area contributed by atoms with Gasteiger partial charge in [0, 0.05) is 61.2 Å². The largest absolute Gasteiger partial charge is 0.481 e. The Morgan fingerprint density at radius 3 is 1.94 bits per heavy atom. The summed E-state index contributed by atoms with van der Waals surface area (Å²) in [4.78, 5) is 107. The van der Waals surface area contributed by atoms with Crippen LogP contribution in [0, 0.1) is 0 Å². The van der Waals surface area contributed by atoms with Crippen molar-refractivity contribution in [3.8, 4) is 0 Å². The summed E-state index contributed by atoms with van der Waals surface area (Å²) in [7, 11) is 0. The van der Waals surface area contributed by atoms with E-state index < -0.39 is 84.1 Å². The SMILES string of the molecule is CSCCC(N)C(=O)N[C@@H](CCC(=O)O)C(=O)N[C@@H](Cc1cnc[nH]1)C(=O)N[C@@H](Cc1ccccc1)C(=O)N[C@@H](CCCN=C(N)N)C(=O)N[C@@H](Cc1c[nH]c2ccccc12)C(=O)O. The molecule has 4 rings (SSSR count). The van der Waals surface area contributed by atoms with Gasteiger partial charge < -0.3 is 64.0 Å². The van der Waals surface area contributed by atoms with Crippen molar-refractivity contribution in [1.82, 2.24) is 41.5 Å². The minimum atomic E-state index is -1.41. The van der Waals surface area contributed by atoms with Crippen LogP contribution in [0.4, 0.5) is 0 Å². The zero-order valence-electron chi connectivity index (χ0n) is 35.3. The first-order valence-electron chi connectivity index (χ1n) is 20.5. The van der Waals surface area contributed by atoms with Gasteiger partial charge in [-0.3, -0.25) is 33.8 Å². The number of carboxylic acids is 2. The smallest absolute Gasteiger partial charge is 0.326 e. The first kappa shape index (κ1) is 49.7. The Balaban J connectivity index is 1.60. The van der Waals surface area contributed by atoms with Crippen molar-refractivity contribution in [2.24, 2.45) is 22.2 Å². The third kappa shape index (κ3) is 16.1. The summed E-state index contributed by atoms with van der Waals surface area (Å²) >= 11 is 1.47. The number of nitrogens with two attached hydrogens (primary N) is 3. The number of nitrogens with one attached hydrogen (secondary N) is 7. The molecule has 0 radical (unpaired) electrons. The fourth-order valence-electron chi connectivity index (χ4n) is 6.66. The molecule has 64 heavy (non-hydrogen) atoms. The van der Waals surface area contributed by atoms with Crippen LogP contribution in [0.2, 0.25) is 0 Å². The average Bonchev–Trinajstić information content (AvgIpc) is 3.94. The molecule has 0 saturated heterocycles. The third-order valence-electron chi connectivity index (χ3n) is 10.1. The molecule has 0 bridgehead atoms. The summed E-state index contributed by atoms with van der Waals surface area (Å²) in [6.45, 7) is 0.0799. The van der Waals surface area contributed by atoms with E-state index in [-0.39, 0.29) is 51.0 Å². The molecule has 21 nitrogen and oxygen atoms in total. The van der Waals surface area contributed by atoms with Gasteiger partial charge in [0.15, 0.2) is 5.96 Å². The van der Waals surface area contributed by atoms with Crippen LogP contribution in [-0.4, -0.2) is 127 Å². The zero-order valence-corrected chi connectivity index (χ0v) is 36.1. The van der Waals surface area contributed by atoms with E-state index >= 15 is 0 Å². The van der Waals surface area contributed by atoms with Gasteiger partial charge in [-0.15, -0.1) is 0 Å². The number of benzene rings is 2. The number of carboxylic acid groups (broad SMARTS) is 2. The van der Waals surface area contributed by atoms with E-state index in [1.165, 1.54) is 24.3 Å². The van der Waals surface area contributed by atoms with Crippen molar-refractivity contribution in [3.63, 3.8) is 0 Å². The number of rotatable bonds is 27. The number of guanidine groups is 1. The number of aromatic amines is 2. The van der Waals surface area contributed by atoms with Crippen LogP contribution in [0.15, 0.2) is 78.3 Å². The minimum absolute atomic E-state index is 0.0390. The van der Waals surface area contributed by atoms with Gasteiger partial charge in [-0.2, -0.15) is 11.8 Å². The van der Waals surface area contributed by atoms with Gasteiger partial charge in [0.05, 0.1) is 12.4 Å². The molecule has 2 heterocycles. The van der Waals surface area contributed by atoms with Crippen molar-refractivity contribution < 1.29 is 43.8 Å². The fraction of sp³-hybridized carbons (Fsp3) is 0.405. The first-order valence-corrected chi connectivity index (χ1v) is 21.9. The van der Waals surface area contributed by atoms with Gasteiger partial charge in [-0.25, -0.2) is 9.78 Å². The molecule has 2 aromatic heterocycles. The standard InChI is InChI=1S/C42H56N12O9S/c1-64-17-15-28(43)36(57)50-31(13-14-35(55)56)38(59)53-33(20-26-22-46-23-49-26)40(61)52-32(18-24-8-3-2-4-9-24)39(60)51-30(12-7-16-47-42(44)45)37(58)54-34(41(62)63)19-25-21-48-29-11-6-5-10-27(25)29/h2-6,8-11,21-23,28,30-34,48H,7,12-20,43H2,1H3,(H,46,49)(H,50,57)(H,51,60)(H,52,61)(H,53,59)(H,54,58)(H,55,56)(H,62,63)(H4,44,45,47)/t28?,30-,31-,32-,33-,34-/m0/s1. The second-order valence-corrected chi connectivity index (χ2v) is 15.9. The van der Waals surface area contributed by atoms with Crippen LogP contribution < -0.4 is 43.8 Å². The first-order chi connectivity index (χ1) is 30.6. The normalized spacial score (nSPS) is 13.8. The number of imidazole rings is 1. The lowest BCUT2D eigenvalue weighted by Gasteiger charge is -2.27. The summed E-state index contributed by atoms with van der Waals surface area (Å²) in [5.74, 6) is -6.22. The Labute approximate surface area is 372 Å². The maximum atomic E-state index is 14.3. The third-order valence-corrected chi connectivity index (χ3v) is 10.7. The van der Waals surface area contributed by atoms with Crippen molar-refractivity contribution in [2.75, 3.05) is 18.6 Å². The maximum absolute atomic E-state index is 14.3. The number of para-hydroxylation sites is 1. The number of hydrogen-bond donors (Lipinski definition) is 12. The summed E-state index contributed by atoms with van der Waals surface area (Å²) in [6.07, 6.45) is 5.56. The van der Waals surface area contributed by atoms with Crippen LogP contribution >= 0.6 is 11.8 Å². The molecular formula is C42H56N12O9S. The molecule has 0 aliphatic heterocycles. The Morgan fingerprint density at radius 1 is 0.719 bits per heavy atom. The molecule has 22 heteroatoms. The highest BCUT2D eigenvalue weighted by molar-refractivity contribution is 7.98. The molecule has 15 N–H and O–H groups in total. The van der Waals surface area contributed by atoms with Crippen molar-refractivity contribution in [3.05, 3.63) is 90.1 Å². The number of H-pyrrole nitrogens is 2. The topological polar surface area (TPSA) is 355 Å². The number of fused-ring (bicyclic) bond motifs is 1. The quantitative estimate of drug-likeness (QED) is 0.0203. The molecule has 0 fully saturated rings. The fourth-order valence-corrected chi connectivity index (χ4v) is 7.15. The monoisotopic (exact) mass is 904 g/mol. The highest BCUT2D eigenvalue weighted by Gasteiger charge is 2.34. The van der Waals surface area contributed by atoms with Crippen LogP contribution in [0.3, 0.4) is 0 Å². The lowest BCUT2D eigenvalue weighted by molar-refractivity contribution is -0.142. The van der Waals surface area contributed by atoms with E-state index in [2.05, 4.69) is 46.5 Å². The maximum Gasteiger partial charge on any atom is 0.326 e. The molecule has 5 amide bonds. The predicted octanol–water partition coefficient (Wildman–Crippen LogP) is -0.574. The molecule has 0 saturated carbocycles. The highest BCUT2D eigenvalue weighted by atomic mass is 32.2. The van der Waals surface area contributed by atoms with Gasteiger partial charge in [0.25, 0.3) is 0 Å². The van der Waals surface area contributed by atoms with Gasteiger partial charge in [0.2, 0.25) is 29.5 Å². The van der Waals surface area contributed by atoms with E-state index in [1.807, 2.05) is 24.5 Å². The highest BCUT2D eigenvalue weighted by Crippen LogP contribution is 2.19. The summed E-state index contributed by atoms with van der Waals surface area (Å²) in [5, 5.41) is 33.4. The molecule has 2 aromatic carbocycles. The van der Waals surface area contributed by atoms with Crippen molar-refractivity contribution in [1.29, 1.82) is 0 Å². The van der Waals surface area contributed by atoms with Gasteiger partial charge in [-0.1, -0.05) is 48.5 Å². The number of aliphatic carboxylic acids is 2. The molecule has 0 aliphatic carbocycles.